The number of hydrogen-bond donors (Lipinski definition) is 2. The number of amides is 1. The maximum absolute atomic E-state index is 10.9. The molecule has 0 heterocycles. The zero-order valence-electron chi connectivity index (χ0n) is 8.50. The molecule has 1 unspecified atom stereocenters. The first-order valence-corrected chi connectivity index (χ1v) is 4.54. The lowest BCUT2D eigenvalue weighted by atomic mass is 10.1. The molecular formula is C11H15N2O. The third kappa shape index (κ3) is 2.57. The van der Waals surface area contributed by atoms with Crippen molar-refractivity contribution in [3.8, 4) is 0 Å². The molecule has 0 bridgehead atoms. The Hall–Kier alpha value is -1.35. The van der Waals surface area contributed by atoms with E-state index in [1.807, 2.05) is 31.2 Å². The van der Waals surface area contributed by atoms with Gasteiger partial charge in [0.1, 0.15) is 0 Å². The summed E-state index contributed by atoms with van der Waals surface area (Å²) in [6.45, 7) is 3.49. The number of carbonyl (C=O) groups excluding carboxylic acids is 1. The minimum absolute atomic E-state index is 0.0614. The van der Waals surface area contributed by atoms with E-state index in [2.05, 4.69) is 17.7 Å². The van der Waals surface area contributed by atoms with Gasteiger partial charge in [-0.1, -0.05) is 18.2 Å². The van der Waals surface area contributed by atoms with Gasteiger partial charge in [-0.2, -0.15) is 0 Å². The molecule has 3 heteroatoms. The van der Waals surface area contributed by atoms with Gasteiger partial charge in [-0.3, -0.25) is 4.79 Å². The molecule has 0 fully saturated rings. The van der Waals surface area contributed by atoms with E-state index in [-0.39, 0.29) is 11.9 Å². The van der Waals surface area contributed by atoms with Gasteiger partial charge >= 0.3 is 0 Å². The largest absolute Gasteiger partial charge is 0.326 e. The molecule has 2 N–H and O–H groups in total. The zero-order chi connectivity index (χ0) is 10.6. The Morgan fingerprint density at radius 3 is 2.64 bits per heavy atom. The molecule has 0 saturated heterocycles. The molecule has 0 aliphatic heterocycles. The van der Waals surface area contributed by atoms with Gasteiger partial charge in [-0.05, 0) is 18.6 Å². The summed E-state index contributed by atoms with van der Waals surface area (Å²) >= 11 is 0. The number of para-hydroxylation sites is 1. The first-order chi connectivity index (χ1) is 6.65. The lowest BCUT2D eigenvalue weighted by Crippen LogP contribution is -2.14. The Balaban J connectivity index is 2.96. The van der Waals surface area contributed by atoms with Crippen LogP contribution in [0.1, 0.15) is 25.5 Å². The molecule has 75 valence electrons. The van der Waals surface area contributed by atoms with E-state index in [1.54, 1.807) is 0 Å². The lowest BCUT2D eigenvalue weighted by Gasteiger charge is -2.15. The molecule has 1 amide bonds. The van der Waals surface area contributed by atoms with E-state index < -0.39 is 0 Å². The molecule has 0 saturated carbocycles. The predicted octanol–water partition coefficient (Wildman–Crippen LogP) is 2.09. The average Bonchev–Trinajstić information content (AvgIpc) is 2.16. The number of carbonyl (C=O) groups is 1. The Bertz CT molecular complexity index is 323. The average molecular weight is 191 g/mol. The quantitative estimate of drug-likeness (QED) is 0.768. The molecule has 0 aromatic heterocycles. The summed E-state index contributed by atoms with van der Waals surface area (Å²) in [5.74, 6) is -0.0614. The van der Waals surface area contributed by atoms with Crippen LogP contribution in [-0.2, 0) is 4.79 Å². The maximum Gasteiger partial charge on any atom is 0.221 e. The van der Waals surface area contributed by atoms with Crippen LogP contribution in [0.3, 0.4) is 0 Å². The van der Waals surface area contributed by atoms with Crippen molar-refractivity contribution in [3.63, 3.8) is 0 Å². The van der Waals surface area contributed by atoms with Gasteiger partial charge < -0.3 is 10.6 Å². The molecule has 0 spiro atoms. The van der Waals surface area contributed by atoms with Crippen molar-refractivity contribution in [1.82, 2.24) is 5.32 Å². The summed E-state index contributed by atoms with van der Waals surface area (Å²) in [6, 6.07) is 7.80. The predicted molar refractivity (Wildman–Crippen MR) is 57.7 cm³/mol. The number of benzene rings is 1. The van der Waals surface area contributed by atoms with Crippen LogP contribution in [0.4, 0.5) is 5.69 Å². The van der Waals surface area contributed by atoms with Gasteiger partial charge in [0, 0.05) is 25.7 Å². The smallest absolute Gasteiger partial charge is 0.221 e. The third-order valence-electron chi connectivity index (χ3n) is 2.04. The summed E-state index contributed by atoms with van der Waals surface area (Å²) in [5.41, 5.74) is 1.88. The molecule has 1 aromatic rings. The van der Waals surface area contributed by atoms with Crippen molar-refractivity contribution in [3.05, 3.63) is 36.9 Å². The van der Waals surface area contributed by atoms with E-state index in [9.17, 15) is 4.79 Å². The van der Waals surface area contributed by atoms with Crippen molar-refractivity contribution in [2.45, 2.75) is 19.9 Å². The summed E-state index contributed by atoms with van der Waals surface area (Å²) in [5, 5.41) is 5.68. The van der Waals surface area contributed by atoms with E-state index in [1.165, 1.54) is 6.92 Å². The highest BCUT2D eigenvalue weighted by molar-refractivity contribution is 5.89. The van der Waals surface area contributed by atoms with Gasteiger partial charge in [-0.25, -0.2) is 0 Å². The lowest BCUT2D eigenvalue weighted by molar-refractivity contribution is -0.114. The first-order valence-electron chi connectivity index (χ1n) is 4.54. The van der Waals surface area contributed by atoms with E-state index in [4.69, 9.17) is 0 Å². The molecule has 0 aliphatic rings. The van der Waals surface area contributed by atoms with Crippen LogP contribution < -0.4 is 10.6 Å². The standard InChI is InChI=1S/C11H15N2O/c1-8(12-3)10-6-4-5-7-11(10)13-9(2)14/h4-8,12H,3H2,1-2H3,(H,13,14). The monoisotopic (exact) mass is 191 g/mol. The molecule has 1 radical (unpaired) electrons. The fourth-order valence-electron chi connectivity index (χ4n) is 1.29. The van der Waals surface area contributed by atoms with Crippen molar-refractivity contribution >= 4 is 11.6 Å². The minimum Gasteiger partial charge on any atom is -0.326 e. The second kappa shape index (κ2) is 4.77. The van der Waals surface area contributed by atoms with Crippen LogP contribution in [0, 0.1) is 7.05 Å². The van der Waals surface area contributed by atoms with Crippen LogP contribution in [0.25, 0.3) is 0 Å². The van der Waals surface area contributed by atoms with E-state index in [0.717, 1.165) is 11.3 Å². The van der Waals surface area contributed by atoms with Crippen LogP contribution in [0.2, 0.25) is 0 Å². The summed E-state index contributed by atoms with van der Waals surface area (Å²) in [6.07, 6.45) is 0. The molecule has 3 nitrogen and oxygen atoms in total. The van der Waals surface area contributed by atoms with Crippen molar-refractivity contribution in [2.24, 2.45) is 0 Å². The van der Waals surface area contributed by atoms with Crippen molar-refractivity contribution in [2.75, 3.05) is 5.32 Å². The highest BCUT2D eigenvalue weighted by atomic mass is 16.1. The Morgan fingerprint density at radius 2 is 2.07 bits per heavy atom. The fourth-order valence-corrected chi connectivity index (χ4v) is 1.29. The number of rotatable bonds is 3. The summed E-state index contributed by atoms with van der Waals surface area (Å²) in [4.78, 5) is 10.9. The Morgan fingerprint density at radius 1 is 1.43 bits per heavy atom. The van der Waals surface area contributed by atoms with E-state index >= 15 is 0 Å². The number of hydrogen-bond acceptors (Lipinski definition) is 2. The third-order valence-corrected chi connectivity index (χ3v) is 2.04. The normalized spacial score (nSPS) is 12.2. The molecule has 1 atom stereocenters. The molecule has 1 aromatic carbocycles. The van der Waals surface area contributed by atoms with E-state index in [0.29, 0.717) is 0 Å². The summed E-state index contributed by atoms with van der Waals surface area (Å²) < 4.78 is 0. The highest BCUT2D eigenvalue weighted by Crippen LogP contribution is 2.21. The molecule has 0 aliphatic carbocycles. The minimum atomic E-state index is -0.0614. The Labute approximate surface area is 84.5 Å². The first kappa shape index (κ1) is 10.7. The highest BCUT2D eigenvalue weighted by Gasteiger charge is 2.08. The second-order valence-electron chi connectivity index (χ2n) is 3.19. The van der Waals surface area contributed by atoms with Crippen LogP contribution in [0.5, 0.6) is 0 Å². The van der Waals surface area contributed by atoms with Gasteiger partial charge in [0.05, 0.1) is 0 Å². The second-order valence-corrected chi connectivity index (χ2v) is 3.19. The van der Waals surface area contributed by atoms with Gasteiger partial charge in [0.15, 0.2) is 0 Å². The van der Waals surface area contributed by atoms with Gasteiger partial charge in [0.25, 0.3) is 0 Å². The van der Waals surface area contributed by atoms with Crippen molar-refractivity contribution in [1.29, 1.82) is 0 Å². The van der Waals surface area contributed by atoms with Crippen LogP contribution >= 0.6 is 0 Å². The zero-order valence-corrected chi connectivity index (χ0v) is 8.50. The molecule has 14 heavy (non-hydrogen) atoms. The maximum atomic E-state index is 10.9. The summed E-state index contributed by atoms with van der Waals surface area (Å²) in [7, 11) is 3.62. The number of nitrogens with one attached hydrogen (secondary N) is 2. The molecular weight excluding hydrogens is 176 g/mol. The Kier molecular flexibility index (Phi) is 3.65. The SMILES string of the molecule is [CH2]NC(C)c1ccccc1NC(C)=O. The van der Waals surface area contributed by atoms with Gasteiger partial charge in [0.2, 0.25) is 5.91 Å². The van der Waals surface area contributed by atoms with Crippen molar-refractivity contribution < 1.29 is 4.79 Å². The van der Waals surface area contributed by atoms with Crippen LogP contribution in [0.15, 0.2) is 24.3 Å². The van der Waals surface area contributed by atoms with Crippen LogP contribution in [-0.4, -0.2) is 5.91 Å². The van der Waals surface area contributed by atoms with Gasteiger partial charge in [-0.15, -0.1) is 0 Å². The topological polar surface area (TPSA) is 41.1 Å². The number of anilines is 1. The fraction of sp³-hybridized carbons (Fsp3) is 0.273. The molecule has 1 rings (SSSR count).